The zero-order chi connectivity index (χ0) is 11.0. The maximum atomic E-state index is 3.44. The SMILES string of the molecule is CC1C=CC2=C(C=C1)Nc1ccccc1N2. The lowest BCUT2D eigenvalue weighted by Gasteiger charge is -2.22. The van der Waals surface area contributed by atoms with Crippen LogP contribution in [-0.2, 0) is 0 Å². The van der Waals surface area contributed by atoms with E-state index in [0.717, 1.165) is 22.8 Å². The lowest BCUT2D eigenvalue weighted by molar-refractivity contribution is 0.941. The summed E-state index contributed by atoms with van der Waals surface area (Å²) in [4.78, 5) is 0. The summed E-state index contributed by atoms with van der Waals surface area (Å²) in [6.07, 6.45) is 8.68. The smallest absolute Gasteiger partial charge is 0.0624 e. The second kappa shape index (κ2) is 3.56. The van der Waals surface area contributed by atoms with Crippen molar-refractivity contribution in [1.29, 1.82) is 0 Å². The van der Waals surface area contributed by atoms with Crippen molar-refractivity contribution in [3.05, 3.63) is 60.0 Å². The standard InChI is InChI=1S/C14H14N2/c1-10-6-8-13-14(9-7-10)16-12-5-3-2-4-11(12)15-13/h2-10,15-16H,1H3. The Balaban J connectivity index is 2.02. The number of allylic oxidation sites excluding steroid dienone is 4. The van der Waals surface area contributed by atoms with Crippen molar-refractivity contribution >= 4 is 11.4 Å². The Morgan fingerprint density at radius 1 is 0.875 bits per heavy atom. The fourth-order valence-corrected chi connectivity index (χ4v) is 1.95. The van der Waals surface area contributed by atoms with Gasteiger partial charge in [0.15, 0.2) is 0 Å². The molecule has 0 aromatic heterocycles. The summed E-state index contributed by atoms with van der Waals surface area (Å²) < 4.78 is 0. The zero-order valence-corrected chi connectivity index (χ0v) is 9.20. The van der Waals surface area contributed by atoms with Gasteiger partial charge in [0.25, 0.3) is 0 Å². The van der Waals surface area contributed by atoms with E-state index in [4.69, 9.17) is 0 Å². The molecule has 0 amide bonds. The van der Waals surface area contributed by atoms with E-state index < -0.39 is 0 Å². The van der Waals surface area contributed by atoms with Crippen LogP contribution in [-0.4, -0.2) is 0 Å². The highest BCUT2D eigenvalue weighted by atomic mass is 15.0. The van der Waals surface area contributed by atoms with Crippen molar-refractivity contribution in [2.24, 2.45) is 5.92 Å². The van der Waals surface area contributed by atoms with Gasteiger partial charge in [-0.25, -0.2) is 0 Å². The van der Waals surface area contributed by atoms with Crippen molar-refractivity contribution in [1.82, 2.24) is 0 Å². The zero-order valence-electron chi connectivity index (χ0n) is 9.20. The molecule has 1 aromatic rings. The minimum atomic E-state index is 0.484. The van der Waals surface area contributed by atoms with Crippen LogP contribution in [0.2, 0.25) is 0 Å². The molecule has 0 saturated carbocycles. The maximum absolute atomic E-state index is 3.44. The topological polar surface area (TPSA) is 24.1 Å². The predicted octanol–water partition coefficient (Wildman–Crippen LogP) is 3.50. The molecular formula is C14H14N2. The van der Waals surface area contributed by atoms with Crippen LogP contribution in [0.5, 0.6) is 0 Å². The van der Waals surface area contributed by atoms with E-state index in [9.17, 15) is 0 Å². The molecule has 1 heterocycles. The Hall–Kier alpha value is -1.96. The second-order valence-electron chi connectivity index (χ2n) is 4.20. The molecule has 0 atom stereocenters. The van der Waals surface area contributed by atoms with E-state index in [1.54, 1.807) is 0 Å². The van der Waals surface area contributed by atoms with Gasteiger partial charge in [-0.2, -0.15) is 0 Å². The molecule has 0 fully saturated rings. The molecule has 0 radical (unpaired) electrons. The maximum Gasteiger partial charge on any atom is 0.0624 e. The average Bonchev–Trinajstić information content (AvgIpc) is 2.49. The summed E-state index contributed by atoms with van der Waals surface area (Å²) >= 11 is 0. The van der Waals surface area contributed by atoms with Crippen molar-refractivity contribution in [2.75, 3.05) is 10.6 Å². The van der Waals surface area contributed by atoms with Crippen LogP contribution in [0.4, 0.5) is 11.4 Å². The van der Waals surface area contributed by atoms with Crippen LogP contribution in [0.1, 0.15) is 6.92 Å². The molecule has 16 heavy (non-hydrogen) atoms. The van der Waals surface area contributed by atoms with Gasteiger partial charge >= 0.3 is 0 Å². The number of benzene rings is 1. The number of fused-ring (bicyclic) bond motifs is 1. The Bertz CT molecular complexity index is 464. The Kier molecular flexibility index (Phi) is 2.07. The van der Waals surface area contributed by atoms with Crippen molar-refractivity contribution in [3.8, 4) is 0 Å². The van der Waals surface area contributed by atoms with Crippen LogP contribution >= 0.6 is 0 Å². The number of rotatable bonds is 0. The molecule has 2 heteroatoms. The van der Waals surface area contributed by atoms with Gasteiger partial charge in [0.2, 0.25) is 0 Å². The molecule has 1 aliphatic heterocycles. The molecule has 0 unspecified atom stereocenters. The summed E-state index contributed by atoms with van der Waals surface area (Å²) in [7, 11) is 0. The van der Waals surface area contributed by atoms with Gasteiger partial charge in [-0.1, -0.05) is 31.2 Å². The van der Waals surface area contributed by atoms with E-state index in [1.165, 1.54) is 0 Å². The van der Waals surface area contributed by atoms with E-state index in [1.807, 2.05) is 12.1 Å². The Morgan fingerprint density at radius 3 is 1.88 bits per heavy atom. The summed E-state index contributed by atoms with van der Waals surface area (Å²) in [5.41, 5.74) is 4.54. The Morgan fingerprint density at radius 2 is 1.38 bits per heavy atom. The normalized spacial score (nSPS) is 18.3. The van der Waals surface area contributed by atoms with Crippen molar-refractivity contribution in [3.63, 3.8) is 0 Å². The summed E-state index contributed by atoms with van der Waals surface area (Å²) in [5, 5.41) is 6.88. The third kappa shape index (κ3) is 1.52. The predicted molar refractivity (Wildman–Crippen MR) is 68.2 cm³/mol. The van der Waals surface area contributed by atoms with Crippen molar-refractivity contribution in [2.45, 2.75) is 6.92 Å². The van der Waals surface area contributed by atoms with Crippen LogP contribution < -0.4 is 10.6 Å². The van der Waals surface area contributed by atoms with Crippen LogP contribution in [0.15, 0.2) is 60.0 Å². The highest BCUT2D eigenvalue weighted by Gasteiger charge is 2.14. The van der Waals surface area contributed by atoms with Gasteiger partial charge in [-0.3, -0.25) is 0 Å². The first-order valence-corrected chi connectivity index (χ1v) is 5.57. The highest BCUT2D eigenvalue weighted by molar-refractivity contribution is 5.78. The summed E-state index contributed by atoms with van der Waals surface area (Å²) in [6.45, 7) is 2.18. The van der Waals surface area contributed by atoms with Crippen molar-refractivity contribution < 1.29 is 0 Å². The van der Waals surface area contributed by atoms with Crippen LogP contribution in [0, 0.1) is 5.92 Å². The van der Waals surface area contributed by atoms with Gasteiger partial charge in [-0.05, 0) is 30.2 Å². The fraction of sp³-hybridized carbons (Fsp3) is 0.143. The highest BCUT2D eigenvalue weighted by Crippen LogP contribution is 2.31. The minimum absolute atomic E-state index is 0.484. The first-order valence-electron chi connectivity index (χ1n) is 5.57. The third-order valence-corrected chi connectivity index (χ3v) is 2.89. The molecule has 3 rings (SSSR count). The number of nitrogens with one attached hydrogen (secondary N) is 2. The monoisotopic (exact) mass is 210 g/mol. The molecule has 1 aliphatic carbocycles. The van der Waals surface area contributed by atoms with Gasteiger partial charge in [0.1, 0.15) is 0 Å². The second-order valence-corrected chi connectivity index (χ2v) is 4.20. The van der Waals surface area contributed by atoms with Crippen LogP contribution in [0.25, 0.3) is 0 Å². The molecule has 2 nitrogen and oxygen atoms in total. The number of hydrogen-bond donors (Lipinski definition) is 2. The van der Waals surface area contributed by atoms with E-state index in [2.05, 4.69) is 54.0 Å². The lowest BCUT2D eigenvalue weighted by Crippen LogP contribution is -2.13. The van der Waals surface area contributed by atoms with Gasteiger partial charge in [0, 0.05) is 0 Å². The molecule has 0 spiro atoms. The fourth-order valence-electron chi connectivity index (χ4n) is 1.95. The van der Waals surface area contributed by atoms with E-state index >= 15 is 0 Å². The first-order chi connectivity index (χ1) is 7.83. The Labute approximate surface area is 95.4 Å². The van der Waals surface area contributed by atoms with Gasteiger partial charge in [-0.15, -0.1) is 0 Å². The molecule has 1 aromatic carbocycles. The average molecular weight is 210 g/mol. The molecule has 80 valence electrons. The van der Waals surface area contributed by atoms with E-state index in [0.29, 0.717) is 5.92 Å². The molecule has 0 bridgehead atoms. The number of hydrogen-bond acceptors (Lipinski definition) is 2. The van der Waals surface area contributed by atoms with Crippen LogP contribution in [0.3, 0.4) is 0 Å². The quantitative estimate of drug-likeness (QED) is 0.684. The van der Waals surface area contributed by atoms with Gasteiger partial charge < -0.3 is 10.6 Å². The summed E-state index contributed by atoms with van der Waals surface area (Å²) in [5.74, 6) is 0.484. The third-order valence-electron chi connectivity index (χ3n) is 2.89. The van der Waals surface area contributed by atoms with E-state index in [-0.39, 0.29) is 0 Å². The molecule has 2 N–H and O–H groups in total. The number of anilines is 2. The molecular weight excluding hydrogens is 196 g/mol. The summed E-state index contributed by atoms with van der Waals surface area (Å²) in [6, 6.07) is 8.24. The minimum Gasteiger partial charge on any atom is -0.352 e. The number of para-hydroxylation sites is 2. The largest absolute Gasteiger partial charge is 0.352 e. The lowest BCUT2D eigenvalue weighted by atomic mass is 10.1. The molecule has 0 saturated heterocycles. The molecule has 2 aliphatic rings. The van der Waals surface area contributed by atoms with Gasteiger partial charge in [0.05, 0.1) is 22.8 Å². The first kappa shape index (κ1) is 9.28.